The maximum Gasteiger partial charge on any atom is 0.343 e. The molecule has 1 rings (SSSR count). The highest BCUT2D eigenvalue weighted by molar-refractivity contribution is 9.09. The zero-order chi connectivity index (χ0) is 9.84. The molecule has 0 aliphatic carbocycles. The van der Waals surface area contributed by atoms with Gasteiger partial charge < -0.3 is 9.84 Å². The number of aromatic hydroxyl groups is 1. The van der Waals surface area contributed by atoms with Crippen LogP contribution in [0.5, 0.6) is 5.75 Å². The Morgan fingerprint density at radius 3 is 2.69 bits per heavy atom. The fourth-order valence-electron chi connectivity index (χ4n) is 0.857. The number of esters is 1. The molecule has 0 heterocycles. The van der Waals surface area contributed by atoms with Crippen LogP contribution < -0.4 is 0 Å². The number of halogens is 1. The van der Waals surface area contributed by atoms with E-state index in [4.69, 9.17) is 4.74 Å². The summed E-state index contributed by atoms with van der Waals surface area (Å²) in [4.78, 5) is 11.3. The number of carbonyl (C=O) groups is 1. The zero-order valence-electron chi connectivity index (χ0n) is 7.03. The molecule has 0 aliphatic rings. The number of carbonyl (C=O) groups excluding carboxylic acids is 1. The van der Waals surface area contributed by atoms with Gasteiger partial charge >= 0.3 is 5.97 Å². The molecule has 1 N–H and O–H groups in total. The zero-order valence-corrected chi connectivity index (χ0v) is 8.61. The fraction of sp³-hybridized carbons (Fsp3) is 0.222. The number of phenols is 1. The van der Waals surface area contributed by atoms with E-state index >= 15 is 0 Å². The van der Waals surface area contributed by atoms with Crippen molar-refractivity contribution < 1.29 is 14.6 Å². The second kappa shape index (κ2) is 4.28. The summed E-state index contributed by atoms with van der Waals surface area (Å²) >= 11 is 3.07. The number of hydrogen-bond acceptors (Lipinski definition) is 3. The first-order valence-electron chi connectivity index (χ1n) is 3.74. The monoisotopic (exact) mass is 244 g/mol. The van der Waals surface area contributed by atoms with Crippen molar-refractivity contribution in [2.75, 3.05) is 0 Å². The molecule has 1 unspecified atom stereocenters. The number of alkyl halides is 1. The predicted molar refractivity (Wildman–Crippen MR) is 51.9 cm³/mol. The summed E-state index contributed by atoms with van der Waals surface area (Å²) in [6.45, 7) is 1.68. The number of hydrogen-bond donors (Lipinski definition) is 1. The van der Waals surface area contributed by atoms with E-state index in [-0.39, 0.29) is 16.3 Å². The molecule has 1 atom stereocenters. The number of ether oxygens (including phenoxy) is 1. The van der Waals surface area contributed by atoms with Crippen molar-refractivity contribution in [2.45, 2.75) is 11.9 Å². The van der Waals surface area contributed by atoms with E-state index in [1.807, 2.05) is 0 Å². The molecule has 0 radical (unpaired) electrons. The lowest BCUT2D eigenvalue weighted by Crippen LogP contribution is -2.09. The predicted octanol–water partition coefficient (Wildman–Crippen LogP) is 2.29. The minimum absolute atomic E-state index is 0.0688. The maximum absolute atomic E-state index is 11.3. The topological polar surface area (TPSA) is 46.5 Å². The van der Waals surface area contributed by atoms with Gasteiger partial charge in [0.25, 0.3) is 0 Å². The van der Waals surface area contributed by atoms with Crippen LogP contribution in [0.2, 0.25) is 0 Å². The Morgan fingerprint density at radius 1 is 1.54 bits per heavy atom. The molecule has 0 bridgehead atoms. The summed E-state index contributed by atoms with van der Waals surface area (Å²) in [5.74, 6) is -0.608. The Morgan fingerprint density at radius 2 is 2.15 bits per heavy atom. The van der Waals surface area contributed by atoms with Crippen LogP contribution >= 0.6 is 15.9 Å². The lowest BCUT2D eigenvalue weighted by atomic mass is 10.2. The Labute approximate surface area is 84.5 Å². The van der Waals surface area contributed by atoms with E-state index in [0.29, 0.717) is 0 Å². The first kappa shape index (κ1) is 10.1. The maximum atomic E-state index is 11.3. The van der Waals surface area contributed by atoms with Gasteiger partial charge in [-0.1, -0.05) is 12.1 Å². The summed E-state index contributed by atoms with van der Waals surface area (Å²) in [6, 6.07) is 6.25. The Hall–Kier alpha value is -1.03. The number of benzene rings is 1. The van der Waals surface area contributed by atoms with Crippen molar-refractivity contribution in [1.29, 1.82) is 0 Å². The average molecular weight is 245 g/mol. The van der Waals surface area contributed by atoms with Gasteiger partial charge in [0, 0.05) is 0 Å². The Kier molecular flexibility index (Phi) is 3.31. The molecular formula is C9H9BrO3. The van der Waals surface area contributed by atoms with Gasteiger partial charge in [0.1, 0.15) is 11.3 Å². The van der Waals surface area contributed by atoms with E-state index in [9.17, 15) is 9.90 Å². The van der Waals surface area contributed by atoms with E-state index in [0.717, 1.165) is 0 Å². The van der Waals surface area contributed by atoms with Crippen LogP contribution in [0.3, 0.4) is 0 Å². The van der Waals surface area contributed by atoms with E-state index < -0.39 is 5.97 Å². The summed E-state index contributed by atoms with van der Waals surface area (Å²) in [5, 5.41) is 8.92. The lowest BCUT2D eigenvalue weighted by Gasteiger charge is -2.06. The molecule has 0 aliphatic heterocycles. The van der Waals surface area contributed by atoms with Crippen LogP contribution in [0.15, 0.2) is 24.3 Å². The highest BCUT2D eigenvalue weighted by Crippen LogP contribution is 2.17. The lowest BCUT2D eigenvalue weighted by molar-refractivity contribution is 0.0487. The van der Waals surface area contributed by atoms with Crippen LogP contribution in [0.25, 0.3) is 0 Å². The van der Waals surface area contributed by atoms with Crippen molar-refractivity contribution in [3.8, 4) is 5.75 Å². The van der Waals surface area contributed by atoms with Gasteiger partial charge in [-0.15, -0.1) is 0 Å². The smallest absolute Gasteiger partial charge is 0.343 e. The molecule has 0 amide bonds. The van der Waals surface area contributed by atoms with Crippen LogP contribution in [0.4, 0.5) is 0 Å². The van der Waals surface area contributed by atoms with Crippen molar-refractivity contribution >= 4 is 21.9 Å². The normalized spacial score (nSPS) is 12.2. The van der Waals surface area contributed by atoms with Crippen LogP contribution in [-0.4, -0.2) is 16.1 Å². The summed E-state index contributed by atoms with van der Waals surface area (Å²) in [6.07, 6.45) is 0. The van der Waals surface area contributed by atoms with E-state index in [1.54, 1.807) is 19.1 Å². The summed E-state index contributed by atoms with van der Waals surface area (Å²) in [5.41, 5.74) is 0.175. The first-order valence-corrected chi connectivity index (χ1v) is 4.66. The number of para-hydroxylation sites is 1. The molecule has 0 aromatic heterocycles. The number of rotatable bonds is 2. The van der Waals surface area contributed by atoms with Gasteiger partial charge in [0.2, 0.25) is 0 Å². The van der Waals surface area contributed by atoms with E-state index in [1.165, 1.54) is 12.1 Å². The molecule has 13 heavy (non-hydrogen) atoms. The van der Waals surface area contributed by atoms with Crippen molar-refractivity contribution in [3.05, 3.63) is 29.8 Å². The molecule has 0 saturated heterocycles. The SMILES string of the molecule is CC(Br)OC(=O)c1ccccc1O. The summed E-state index contributed by atoms with van der Waals surface area (Å²) in [7, 11) is 0. The third-order valence-electron chi connectivity index (χ3n) is 1.39. The highest BCUT2D eigenvalue weighted by Gasteiger charge is 2.12. The highest BCUT2D eigenvalue weighted by atomic mass is 79.9. The first-order chi connectivity index (χ1) is 6.11. The van der Waals surface area contributed by atoms with Gasteiger partial charge in [0.15, 0.2) is 5.01 Å². The number of phenolic OH excluding ortho intramolecular Hbond substituents is 1. The molecule has 0 saturated carbocycles. The van der Waals surface area contributed by atoms with Crippen molar-refractivity contribution in [3.63, 3.8) is 0 Å². The third-order valence-corrected chi connectivity index (χ3v) is 1.58. The molecular weight excluding hydrogens is 236 g/mol. The van der Waals surface area contributed by atoms with Gasteiger partial charge in [0.05, 0.1) is 0 Å². The quantitative estimate of drug-likeness (QED) is 0.642. The second-order valence-electron chi connectivity index (χ2n) is 2.47. The molecule has 0 spiro atoms. The molecule has 1 aromatic rings. The average Bonchev–Trinajstić information content (AvgIpc) is 2.03. The summed E-state index contributed by atoms with van der Waals surface area (Å²) < 4.78 is 4.83. The minimum Gasteiger partial charge on any atom is -0.507 e. The molecule has 3 nitrogen and oxygen atoms in total. The third kappa shape index (κ3) is 2.73. The molecule has 70 valence electrons. The van der Waals surface area contributed by atoms with Crippen LogP contribution in [0.1, 0.15) is 17.3 Å². The minimum atomic E-state index is -0.539. The van der Waals surface area contributed by atoms with Gasteiger partial charge in [-0.25, -0.2) is 4.79 Å². The molecule has 0 fully saturated rings. The van der Waals surface area contributed by atoms with E-state index in [2.05, 4.69) is 15.9 Å². The molecule has 1 aromatic carbocycles. The molecule has 4 heteroatoms. The second-order valence-corrected chi connectivity index (χ2v) is 3.75. The Bertz CT molecular complexity index is 309. The fourth-order valence-corrected chi connectivity index (χ4v) is 1.03. The van der Waals surface area contributed by atoms with Gasteiger partial charge in [-0.05, 0) is 35.0 Å². The van der Waals surface area contributed by atoms with Gasteiger partial charge in [-0.2, -0.15) is 0 Å². The van der Waals surface area contributed by atoms with Crippen LogP contribution in [0, 0.1) is 0 Å². The van der Waals surface area contributed by atoms with Gasteiger partial charge in [-0.3, -0.25) is 0 Å². The van der Waals surface area contributed by atoms with Crippen LogP contribution in [-0.2, 0) is 4.74 Å². The standard InChI is InChI=1S/C9H9BrO3/c1-6(10)13-9(12)7-4-2-3-5-8(7)11/h2-6,11H,1H3. The Balaban J connectivity index is 2.83. The van der Waals surface area contributed by atoms with Crippen molar-refractivity contribution in [2.24, 2.45) is 0 Å². The largest absolute Gasteiger partial charge is 0.507 e. The van der Waals surface area contributed by atoms with Crippen molar-refractivity contribution in [1.82, 2.24) is 0 Å².